The van der Waals surface area contributed by atoms with Crippen molar-refractivity contribution in [3.63, 3.8) is 0 Å². The first kappa shape index (κ1) is 14.0. The van der Waals surface area contributed by atoms with E-state index < -0.39 is 0 Å². The molecule has 0 saturated heterocycles. The van der Waals surface area contributed by atoms with Crippen molar-refractivity contribution in [3.8, 4) is 0 Å². The third-order valence-corrected chi connectivity index (χ3v) is 3.51. The molecule has 1 N–H and O–H groups in total. The molecule has 0 unspecified atom stereocenters. The zero-order chi connectivity index (χ0) is 13.7. The monoisotopic (exact) mass is 276 g/mol. The molecule has 4 heteroatoms. The smallest absolute Gasteiger partial charge is 0.123 e. The number of pyridine rings is 1. The highest BCUT2D eigenvalue weighted by molar-refractivity contribution is 7.99. The van der Waals surface area contributed by atoms with E-state index >= 15 is 0 Å². The summed E-state index contributed by atoms with van der Waals surface area (Å²) >= 11 is 1.53. The van der Waals surface area contributed by atoms with Gasteiger partial charge in [0.25, 0.3) is 0 Å². The number of hydrogen-bond acceptors (Lipinski definition) is 3. The van der Waals surface area contributed by atoms with Gasteiger partial charge in [-0.2, -0.15) is 0 Å². The second kappa shape index (κ2) is 6.68. The van der Waals surface area contributed by atoms with E-state index in [-0.39, 0.29) is 5.82 Å². The van der Waals surface area contributed by atoms with Gasteiger partial charge in [0.05, 0.1) is 0 Å². The van der Waals surface area contributed by atoms with Gasteiger partial charge in [0.15, 0.2) is 0 Å². The van der Waals surface area contributed by atoms with Crippen molar-refractivity contribution in [2.24, 2.45) is 0 Å². The van der Waals surface area contributed by atoms with E-state index in [4.69, 9.17) is 0 Å². The third-order valence-electron chi connectivity index (χ3n) is 2.55. The minimum atomic E-state index is -0.215. The third kappa shape index (κ3) is 4.65. The number of nitrogens with zero attached hydrogens (tertiary/aromatic N) is 1. The van der Waals surface area contributed by atoms with Crippen LogP contribution in [0, 0.1) is 5.82 Å². The summed E-state index contributed by atoms with van der Waals surface area (Å²) in [5.41, 5.74) is 1.16. The van der Waals surface area contributed by atoms with Crippen LogP contribution in [-0.2, 0) is 6.54 Å². The predicted octanol–water partition coefficient (Wildman–Crippen LogP) is 3.87. The Hall–Kier alpha value is -1.39. The van der Waals surface area contributed by atoms with Crippen molar-refractivity contribution in [2.45, 2.75) is 36.4 Å². The minimum absolute atomic E-state index is 0.215. The summed E-state index contributed by atoms with van der Waals surface area (Å²) in [6.45, 7) is 5.06. The Balaban J connectivity index is 1.96. The van der Waals surface area contributed by atoms with Gasteiger partial charge in [-0.15, -0.1) is 0 Å². The first-order valence-corrected chi connectivity index (χ1v) is 7.07. The molecule has 0 aliphatic rings. The fraction of sp³-hybridized carbons (Fsp3) is 0.267. The van der Waals surface area contributed by atoms with E-state index in [9.17, 15) is 4.39 Å². The molecule has 0 saturated carbocycles. The summed E-state index contributed by atoms with van der Waals surface area (Å²) in [6, 6.07) is 11.0. The largest absolute Gasteiger partial charge is 0.310 e. The number of benzene rings is 1. The molecule has 0 radical (unpaired) electrons. The molecule has 100 valence electrons. The lowest BCUT2D eigenvalue weighted by molar-refractivity contribution is 0.587. The Morgan fingerprint density at radius 2 is 1.89 bits per heavy atom. The first-order valence-electron chi connectivity index (χ1n) is 6.25. The van der Waals surface area contributed by atoms with E-state index in [1.54, 1.807) is 12.1 Å². The van der Waals surface area contributed by atoms with Crippen molar-refractivity contribution in [1.29, 1.82) is 0 Å². The van der Waals surface area contributed by atoms with Crippen LogP contribution in [-0.4, -0.2) is 11.0 Å². The summed E-state index contributed by atoms with van der Waals surface area (Å²) in [7, 11) is 0. The molecular weight excluding hydrogens is 259 g/mol. The van der Waals surface area contributed by atoms with Crippen LogP contribution in [0.1, 0.15) is 19.4 Å². The summed E-state index contributed by atoms with van der Waals surface area (Å²) in [5.74, 6) is -0.215. The molecule has 2 aromatic rings. The number of rotatable bonds is 5. The van der Waals surface area contributed by atoms with E-state index in [1.165, 1.54) is 23.9 Å². The van der Waals surface area contributed by atoms with E-state index in [0.717, 1.165) is 22.0 Å². The van der Waals surface area contributed by atoms with Gasteiger partial charge in [0.1, 0.15) is 10.8 Å². The number of nitrogens with one attached hydrogen (secondary N) is 1. The topological polar surface area (TPSA) is 24.9 Å². The van der Waals surface area contributed by atoms with Gasteiger partial charge in [-0.1, -0.05) is 31.7 Å². The van der Waals surface area contributed by atoms with E-state index in [0.29, 0.717) is 6.04 Å². The zero-order valence-electron chi connectivity index (χ0n) is 11.1. The van der Waals surface area contributed by atoms with Gasteiger partial charge < -0.3 is 5.32 Å². The highest BCUT2D eigenvalue weighted by Gasteiger charge is 2.01. The van der Waals surface area contributed by atoms with Crippen LogP contribution in [0.4, 0.5) is 4.39 Å². The van der Waals surface area contributed by atoms with Crippen molar-refractivity contribution in [3.05, 3.63) is 54.0 Å². The van der Waals surface area contributed by atoms with Crippen LogP contribution in [0.2, 0.25) is 0 Å². The summed E-state index contributed by atoms with van der Waals surface area (Å²) < 4.78 is 12.8. The fourth-order valence-electron chi connectivity index (χ4n) is 1.52. The predicted molar refractivity (Wildman–Crippen MR) is 76.7 cm³/mol. The van der Waals surface area contributed by atoms with Crippen LogP contribution in [0.25, 0.3) is 0 Å². The van der Waals surface area contributed by atoms with Gasteiger partial charge in [-0.3, -0.25) is 0 Å². The number of halogens is 1. The van der Waals surface area contributed by atoms with Crippen LogP contribution in [0.3, 0.4) is 0 Å². The van der Waals surface area contributed by atoms with E-state index in [2.05, 4.69) is 30.2 Å². The highest BCUT2D eigenvalue weighted by Crippen LogP contribution is 2.25. The Morgan fingerprint density at radius 1 is 1.16 bits per heavy atom. The molecule has 19 heavy (non-hydrogen) atoms. The molecule has 0 fully saturated rings. The van der Waals surface area contributed by atoms with Crippen molar-refractivity contribution in [2.75, 3.05) is 0 Å². The summed E-state index contributed by atoms with van der Waals surface area (Å²) in [4.78, 5) is 5.39. The van der Waals surface area contributed by atoms with Crippen molar-refractivity contribution < 1.29 is 4.39 Å². The lowest BCUT2D eigenvalue weighted by Gasteiger charge is -2.08. The van der Waals surface area contributed by atoms with E-state index in [1.807, 2.05) is 12.3 Å². The van der Waals surface area contributed by atoms with Gasteiger partial charge in [-0.25, -0.2) is 9.37 Å². The number of aromatic nitrogens is 1. The van der Waals surface area contributed by atoms with Gasteiger partial charge in [-0.05, 0) is 35.9 Å². The molecule has 0 atom stereocenters. The average Bonchev–Trinajstić information content (AvgIpc) is 2.40. The molecule has 2 rings (SSSR count). The van der Waals surface area contributed by atoms with Crippen LogP contribution < -0.4 is 5.32 Å². The molecule has 2 nitrogen and oxygen atoms in total. The van der Waals surface area contributed by atoms with Gasteiger partial charge in [0, 0.05) is 23.7 Å². The molecule has 0 bridgehead atoms. The Morgan fingerprint density at radius 3 is 2.47 bits per heavy atom. The van der Waals surface area contributed by atoms with Crippen molar-refractivity contribution in [1.82, 2.24) is 10.3 Å². The Labute approximate surface area is 117 Å². The molecule has 1 aromatic heterocycles. The van der Waals surface area contributed by atoms with Crippen LogP contribution >= 0.6 is 11.8 Å². The first-order chi connectivity index (χ1) is 9.13. The Kier molecular flexibility index (Phi) is 4.93. The molecule has 0 aliphatic carbocycles. The maximum atomic E-state index is 12.8. The van der Waals surface area contributed by atoms with Crippen molar-refractivity contribution >= 4 is 11.8 Å². The molecule has 1 heterocycles. The molecule has 0 amide bonds. The highest BCUT2D eigenvalue weighted by atomic mass is 32.2. The maximum absolute atomic E-state index is 12.8. The SMILES string of the molecule is CC(C)NCc1ccc(Sc2ccc(F)cc2)nc1. The zero-order valence-corrected chi connectivity index (χ0v) is 11.9. The normalized spacial score (nSPS) is 10.9. The quantitative estimate of drug-likeness (QED) is 0.897. The van der Waals surface area contributed by atoms with Gasteiger partial charge >= 0.3 is 0 Å². The fourth-order valence-corrected chi connectivity index (χ4v) is 2.28. The molecular formula is C15H17FN2S. The summed E-state index contributed by atoms with van der Waals surface area (Å²) in [6.07, 6.45) is 1.88. The maximum Gasteiger partial charge on any atom is 0.123 e. The molecule has 0 spiro atoms. The Bertz CT molecular complexity index is 509. The lowest BCUT2D eigenvalue weighted by Crippen LogP contribution is -2.21. The standard InChI is InChI=1S/C15H17FN2S/c1-11(2)17-9-12-3-8-15(18-10-12)19-14-6-4-13(16)5-7-14/h3-8,10-11,17H,9H2,1-2H3. The minimum Gasteiger partial charge on any atom is -0.310 e. The molecule has 0 aliphatic heterocycles. The van der Waals surface area contributed by atoms with Crippen LogP contribution in [0.5, 0.6) is 0 Å². The average molecular weight is 276 g/mol. The van der Waals surface area contributed by atoms with Crippen LogP contribution in [0.15, 0.2) is 52.5 Å². The van der Waals surface area contributed by atoms with Gasteiger partial charge in [0.2, 0.25) is 0 Å². The second-order valence-corrected chi connectivity index (χ2v) is 5.69. The summed E-state index contributed by atoms with van der Waals surface area (Å²) in [5, 5.41) is 4.27. The lowest BCUT2D eigenvalue weighted by atomic mass is 10.2. The second-order valence-electron chi connectivity index (χ2n) is 4.60. The number of hydrogen-bond donors (Lipinski definition) is 1. The molecule has 1 aromatic carbocycles.